The van der Waals surface area contributed by atoms with E-state index in [9.17, 15) is 9.59 Å². The molecular formula is C23H22N2O4. The summed E-state index contributed by atoms with van der Waals surface area (Å²) in [7, 11) is 0. The Labute approximate surface area is 169 Å². The highest BCUT2D eigenvalue weighted by molar-refractivity contribution is 5.94. The second-order valence-corrected chi connectivity index (χ2v) is 6.39. The Balaban J connectivity index is 1.53. The summed E-state index contributed by atoms with van der Waals surface area (Å²) < 4.78 is 11.4. The summed E-state index contributed by atoms with van der Waals surface area (Å²) >= 11 is 0. The average Bonchev–Trinajstić information content (AvgIpc) is 2.71. The molecule has 29 heavy (non-hydrogen) atoms. The minimum absolute atomic E-state index is 0.147. The molecule has 3 aromatic carbocycles. The van der Waals surface area contributed by atoms with Gasteiger partial charge in [-0.15, -0.1) is 0 Å². The molecule has 0 radical (unpaired) electrons. The summed E-state index contributed by atoms with van der Waals surface area (Å²) in [5, 5.41) is 5.49. The zero-order valence-electron chi connectivity index (χ0n) is 16.2. The van der Waals surface area contributed by atoms with E-state index in [0.717, 1.165) is 5.75 Å². The van der Waals surface area contributed by atoms with Crippen molar-refractivity contribution in [2.45, 2.75) is 20.0 Å². The monoisotopic (exact) mass is 390 g/mol. The number of carbonyl (C=O) groups is 2. The van der Waals surface area contributed by atoms with E-state index >= 15 is 0 Å². The van der Waals surface area contributed by atoms with Crippen LogP contribution in [0.5, 0.6) is 17.2 Å². The highest BCUT2D eigenvalue weighted by Crippen LogP contribution is 2.23. The first-order chi connectivity index (χ1) is 14.0. The molecule has 1 atom stereocenters. The van der Waals surface area contributed by atoms with Crippen molar-refractivity contribution in [1.29, 1.82) is 0 Å². The van der Waals surface area contributed by atoms with Crippen LogP contribution in [0.4, 0.5) is 11.4 Å². The Bertz CT molecular complexity index is 954. The third-order valence-electron chi connectivity index (χ3n) is 3.96. The van der Waals surface area contributed by atoms with E-state index in [4.69, 9.17) is 9.47 Å². The van der Waals surface area contributed by atoms with Crippen LogP contribution in [-0.2, 0) is 9.59 Å². The van der Waals surface area contributed by atoms with Gasteiger partial charge in [-0.3, -0.25) is 9.59 Å². The minimum Gasteiger partial charge on any atom is -0.481 e. The molecule has 0 heterocycles. The van der Waals surface area contributed by atoms with E-state index in [0.29, 0.717) is 22.9 Å². The fourth-order valence-electron chi connectivity index (χ4n) is 2.55. The summed E-state index contributed by atoms with van der Waals surface area (Å²) in [6.45, 7) is 3.11. The van der Waals surface area contributed by atoms with Gasteiger partial charge >= 0.3 is 0 Å². The number of hydrogen-bond acceptors (Lipinski definition) is 4. The van der Waals surface area contributed by atoms with Crippen LogP contribution in [-0.4, -0.2) is 17.9 Å². The standard InChI is InChI=1S/C23H22N2O4/c1-16(28-21-12-8-18(9-13-21)24-17(2)26)23(27)25-19-10-14-22(15-11-19)29-20-6-4-3-5-7-20/h3-16H,1-2H3,(H,24,26)(H,25,27). The van der Waals surface area contributed by atoms with E-state index in [-0.39, 0.29) is 11.8 Å². The quantitative estimate of drug-likeness (QED) is 0.605. The minimum atomic E-state index is -0.693. The molecule has 6 nitrogen and oxygen atoms in total. The van der Waals surface area contributed by atoms with Crippen LogP contribution in [0.25, 0.3) is 0 Å². The number of rotatable bonds is 7. The van der Waals surface area contributed by atoms with Gasteiger partial charge < -0.3 is 20.1 Å². The van der Waals surface area contributed by atoms with Gasteiger partial charge in [0.1, 0.15) is 17.2 Å². The number of ether oxygens (including phenoxy) is 2. The molecule has 1 unspecified atom stereocenters. The van der Waals surface area contributed by atoms with E-state index < -0.39 is 6.10 Å². The Hall–Kier alpha value is -3.80. The van der Waals surface area contributed by atoms with Crippen molar-refractivity contribution in [2.24, 2.45) is 0 Å². The van der Waals surface area contributed by atoms with Crippen molar-refractivity contribution in [3.05, 3.63) is 78.9 Å². The van der Waals surface area contributed by atoms with Gasteiger partial charge in [-0.05, 0) is 67.6 Å². The molecule has 0 saturated carbocycles. The van der Waals surface area contributed by atoms with E-state index in [2.05, 4.69) is 10.6 Å². The Kier molecular flexibility index (Phi) is 6.47. The molecule has 2 N–H and O–H groups in total. The van der Waals surface area contributed by atoms with Crippen LogP contribution in [0.3, 0.4) is 0 Å². The molecule has 0 spiro atoms. The van der Waals surface area contributed by atoms with Crippen LogP contribution in [0, 0.1) is 0 Å². The number of nitrogens with one attached hydrogen (secondary N) is 2. The van der Waals surface area contributed by atoms with E-state index in [1.165, 1.54) is 6.92 Å². The smallest absolute Gasteiger partial charge is 0.265 e. The lowest BCUT2D eigenvalue weighted by atomic mass is 10.2. The van der Waals surface area contributed by atoms with Gasteiger partial charge in [0.15, 0.2) is 6.10 Å². The van der Waals surface area contributed by atoms with Crippen molar-refractivity contribution in [2.75, 3.05) is 10.6 Å². The van der Waals surface area contributed by atoms with Gasteiger partial charge in [-0.25, -0.2) is 0 Å². The molecule has 0 aliphatic rings. The zero-order valence-corrected chi connectivity index (χ0v) is 16.2. The average molecular weight is 390 g/mol. The van der Waals surface area contributed by atoms with Crippen molar-refractivity contribution in [1.82, 2.24) is 0 Å². The Morgan fingerprint density at radius 3 is 1.83 bits per heavy atom. The largest absolute Gasteiger partial charge is 0.481 e. The number of amides is 2. The van der Waals surface area contributed by atoms with E-state index in [1.807, 2.05) is 30.3 Å². The molecular weight excluding hydrogens is 368 g/mol. The predicted molar refractivity (Wildman–Crippen MR) is 112 cm³/mol. The summed E-state index contributed by atoms with van der Waals surface area (Å²) in [6, 6.07) is 23.4. The molecule has 0 fully saturated rings. The highest BCUT2D eigenvalue weighted by Gasteiger charge is 2.15. The SMILES string of the molecule is CC(=O)Nc1ccc(OC(C)C(=O)Nc2ccc(Oc3ccccc3)cc2)cc1. The Morgan fingerprint density at radius 2 is 1.24 bits per heavy atom. The predicted octanol–water partition coefficient (Wildman–Crippen LogP) is 4.84. The lowest BCUT2D eigenvalue weighted by Gasteiger charge is -2.15. The molecule has 0 saturated heterocycles. The maximum atomic E-state index is 12.4. The Morgan fingerprint density at radius 1 is 0.724 bits per heavy atom. The molecule has 6 heteroatoms. The van der Waals surface area contributed by atoms with E-state index in [1.54, 1.807) is 55.5 Å². The van der Waals surface area contributed by atoms with Gasteiger partial charge in [0.25, 0.3) is 5.91 Å². The molecule has 0 bridgehead atoms. The lowest BCUT2D eigenvalue weighted by Crippen LogP contribution is -2.30. The molecule has 2 amide bonds. The molecule has 0 aliphatic heterocycles. The van der Waals surface area contributed by atoms with Gasteiger partial charge in [0.05, 0.1) is 0 Å². The lowest BCUT2D eigenvalue weighted by molar-refractivity contribution is -0.122. The third kappa shape index (κ3) is 6.10. The maximum Gasteiger partial charge on any atom is 0.265 e. The number of anilines is 2. The normalized spacial score (nSPS) is 11.2. The van der Waals surface area contributed by atoms with Crippen LogP contribution in [0.1, 0.15) is 13.8 Å². The second kappa shape index (κ2) is 9.41. The molecule has 3 aromatic rings. The van der Waals surface area contributed by atoms with Crippen LogP contribution < -0.4 is 20.1 Å². The molecule has 148 valence electrons. The van der Waals surface area contributed by atoms with Crippen LogP contribution in [0.15, 0.2) is 78.9 Å². The summed E-state index contributed by atoms with van der Waals surface area (Å²) in [4.78, 5) is 23.4. The fraction of sp³-hybridized carbons (Fsp3) is 0.130. The molecule has 0 aliphatic carbocycles. The maximum absolute atomic E-state index is 12.4. The first-order valence-corrected chi connectivity index (χ1v) is 9.18. The zero-order chi connectivity index (χ0) is 20.6. The molecule has 3 rings (SSSR count). The number of benzene rings is 3. The van der Waals surface area contributed by atoms with Gasteiger partial charge in [0, 0.05) is 18.3 Å². The van der Waals surface area contributed by atoms with Crippen molar-refractivity contribution >= 4 is 23.2 Å². The van der Waals surface area contributed by atoms with Crippen LogP contribution >= 0.6 is 0 Å². The highest BCUT2D eigenvalue weighted by atomic mass is 16.5. The summed E-state index contributed by atoms with van der Waals surface area (Å²) in [6.07, 6.45) is -0.693. The van der Waals surface area contributed by atoms with Gasteiger partial charge in [0.2, 0.25) is 5.91 Å². The van der Waals surface area contributed by atoms with Gasteiger partial charge in [-0.1, -0.05) is 18.2 Å². The van der Waals surface area contributed by atoms with Crippen molar-refractivity contribution in [3.63, 3.8) is 0 Å². The van der Waals surface area contributed by atoms with Gasteiger partial charge in [-0.2, -0.15) is 0 Å². The van der Waals surface area contributed by atoms with Crippen LogP contribution in [0.2, 0.25) is 0 Å². The number of carbonyl (C=O) groups excluding carboxylic acids is 2. The topological polar surface area (TPSA) is 76.7 Å². The summed E-state index contributed by atoms with van der Waals surface area (Å²) in [5.41, 5.74) is 1.31. The molecule has 0 aromatic heterocycles. The number of para-hydroxylation sites is 1. The second-order valence-electron chi connectivity index (χ2n) is 6.39. The first kappa shape index (κ1) is 19.9. The number of hydrogen-bond donors (Lipinski definition) is 2. The fourth-order valence-corrected chi connectivity index (χ4v) is 2.55. The van der Waals surface area contributed by atoms with Crippen molar-refractivity contribution < 1.29 is 19.1 Å². The summed E-state index contributed by atoms with van der Waals surface area (Å²) in [5.74, 6) is 1.54. The van der Waals surface area contributed by atoms with Crippen molar-refractivity contribution in [3.8, 4) is 17.2 Å². The third-order valence-corrected chi connectivity index (χ3v) is 3.96. The first-order valence-electron chi connectivity index (χ1n) is 9.18.